The molecule has 4 nitrogen and oxygen atoms in total. The summed E-state index contributed by atoms with van der Waals surface area (Å²) in [6.45, 7) is 0. The molecule has 0 saturated heterocycles. The molecule has 3 aromatic rings. The first-order valence-electron chi connectivity index (χ1n) is 7.40. The van der Waals surface area contributed by atoms with Crippen LogP contribution in [0.2, 0.25) is 0 Å². The Labute approximate surface area is 139 Å². The number of carbonyl (C=O) groups is 1. The third-order valence-electron chi connectivity index (χ3n) is 3.35. The molecule has 0 heterocycles. The molecule has 0 unspecified atom stereocenters. The van der Waals surface area contributed by atoms with Gasteiger partial charge < -0.3 is 10.1 Å². The number of nitriles is 1. The van der Waals surface area contributed by atoms with Crippen molar-refractivity contribution in [3.05, 3.63) is 90.0 Å². The van der Waals surface area contributed by atoms with Crippen molar-refractivity contribution in [2.75, 3.05) is 5.32 Å². The van der Waals surface area contributed by atoms with Gasteiger partial charge in [0, 0.05) is 5.69 Å². The Morgan fingerprint density at radius 1 is 0.917 bits per heavy atom. The number of amides is 1. The van der Waals surface area contributed by atoms with Gasteiger partial charge in [0.25, 0.3) is 5.91 Å². The van der Waals surface area contributed by atoms with Crippen molar-refractivity contribution in [1.82, 2.24) is 0 Å². The van der Waals surface area contributed by atoms with E-state index in [0.29, 0.717) is 28.3 Å². The Bertz CT molecular complexity index is 899. The third kappa shape index (κ3) is 3.60. The zero-order valence-corrected chi connectivity index (χ0v) is 12.8. The molecule has 3 aromatic carbocycles. The molecule has 0 aliphatic rings. The number of hydrogen-bond donors (Lipinski definition) is 1. The lowest BCUT2D eigenvalue weighted by Crippen LogP contribution is -2.13. The van der Waals surface area contributed by atoms with Gasteiger partial charge in [-0.25, -0.2) is 0 Å². The van der Waals surface area contributed by atoms with E-state index in [2.05, 4.69) is 5.32 Å². The lowest BCUT2D eigenvalue weighted by molar-refractivity contribution is 0.102. The summed E-state index contributed by atoms with van der Waals surface area (Å²) in [7, 11) is 0. The van der Waals surface area contributed by atoms with Crippen LogP contribution in [0.25, 0.3) is 0 Å². The van der Waals surface area contributed by atoms with Crippen LogP contribution in [-0.4, -0.2) is 5.91 Å². The fourth-order valence-corrected chi connectivity index (χ4v) is 2.22. The first-order chi connectivity index (χ1) is 11.8. The maximum absolute atomic E-state index is 12.6. The van der Waals surface area contributed by atoms with Crippen LogP contribution < -0.4 is 10.1 Å². The van der Waals surface area contributed by atoms with Gasteiger partial charge in [0.05, 0.1) is 17.2 Å². The normalized spacial score (nSPS) is 9.79. The van der Waals surface area contributed by atoms with Gasteiger partial charge in [-0.2, -0.15) is 5.26 Å². The van der Waals surface area contributed by atoms with Gasteiger partial charge in [-0.05, 0) is 42.5 Å². The maximum Gasteiger partial charge on any atom is 0.259 e. The van der Waals surface area contributed by atoms with Crippen LogP contribution in [-0.2, 0) is 0 Å². The van der Waals surface area contributed by atoms with Crippen LogP contribution >= 0.6 is 0 Å². The molecule has 0 fully saturated rings. The Balaban J connectivity index is 1.83. The van der Waals surface area contributed by atoms with Crippen molar-refractivity contribution in [2.45, 2.75) is 0 Å². The highest BCUT2D eigenvalue weighted by molar-refractivity contribution is 6.06. The number of nitrogens with zero attached hydrogens (tertiary/aromatic N) is 1. The molecule has 0 radical (unpaired) electrons. The number of rotatable bonds is 4. The fraction of sp³-hybridized carbons (Fsp3) is 0. The van der Waals surface area contributed by atoms with E-state index in [-0.39, 0.29) is 5.91 Å². The predicted octanol–water partition coefficient (Wildman–Crippen LogP) is 4.60. The monoisotopic (exact) mass is 314 g/mol. The highest BCUT2D eigenvalue weighted by atomic mass is 16.5. The first kappa shape index (κ1) is 15.3. The second-order valence-electron chi connectivity index (χ2n) is 5.06. The fourth-order valence-electron chi connectivity index (χ4n) is 2.22. The standard InChI is InChI=1S/C20H14N2O2/c21-14-15-7-6-8-16(13-15)22-20(23)18-11-4-5-12-19(18)24-17-9-2-1-3-10-17/h1-13H,(H,22,23). The second-order valence-corrected chi connectivity index (χ2v) is 5.06. The van der Waals surface area contributed by atoms with Gasteiger partial charge in [-0.1, -0.05) is 36.4 Å². The molecule has 0 spiro atoms. The van der Waals surface area contributed by atoms with Crippen molar-refractivity contribution in [2.24, 2.45) is 0 Å². The predicted molar refractivity (Wildman–Crippen MR) is 92.1 cm³/mol. The van der Waals surface area contributed by atoms with E-state index in [4.69, 9.17) is 10.00 Å². The van der Waals surface area contributed by atoms with Crippen molar-refractivity contribution in [3.8, 4) is 17.6 Å². The highest BCUT2D eigenvalue weighted by Gasteiger charge is 2.13. The van der Waals surface area contributed by atoms with Crippen LogP contribution in [0.15, 0.2) is 78.9 Å². The molecular weight excluding hydrogens is 300 g/mol. The van der Waals surface area contributed by atoms with Crippen LogP contribution in [0.3, 0.4) is 0 Å². The van der Waals surface area contributed by atoms with Gasteiger partial charge >= 0.3 is 0 Å². The minimum atomic E-state index is -0.295. The molecule has 0 aromatic heterocycles. The van der Waals surface area contributed by atoms with E-state index >= 15 is 0 Å². The number of ether oxygens (including phenoxy) is 1. The molecule has 116 valence electrons. The summed E-state index contributed by atoms with van der Waals surface area (Å²) in [6, 6.07) is 25.1. The molecule has 0 aliphatic carbocycles. The van der Waals surface area contributed by atoms with E-state index in [9.17, 15) is 4.79 Å². The molecule has 0 saturated carbocycles. The number of hydrogen-bond acceptors (Lipinski definition) is 3. The molecule has 1 amide bonds. The Kier molecular flexibility index (Phi) is 4.55. The largest absolute Gasteiger partial charge is 0.457 e. The summed E-state index contributed by atoms with van der Waals surface area (Å²) < 4.78 is 5.80. The molecule has 0 bridgehead atoms. The number of benzene rings is 3. The average molecular weight is 314 g/mol. The summed E-state index contributed by atoms with van der Waals surface area (Å²) in [5, 5.41) is 11.7. The summed E-state index contributed by atoms with van der Waals surface area (Å²) in [6.07, 6.45) is 0. The Morgan fingerprint density at radius 3 is 2.46 bits per heavy atom. The van der Waals surface area contributed by atoms with Gasteiger partial charge in [-0.3, -0.25) is 4.79 Å². The molecule has 0 atom stereocenters. The number of nitrogens with one attached hydrogen (secondary N) is 1. The molecule has 3 rings (SSSR count). The van der Waals surface area contributed by atoms with Gasteiger partial charge in [0.1, 0.15) is 11.5 Å². The van der Waals surface area contributed by atoms with E-state index in [1.54, 1.807) is 42.5 Å². The zero-order valence-electron chi connectivity index (χ0n) is 12.8. The molecule has 1 N–H and O–H groups in total. The van der Waals surface area contributed by atoms with Crippen LogP contribution in [0, 0.1) is 11.3 Å². The van der Waals surface area contributed by atoms with Crippen LogP contribution in [0.5, 0.6) is 11.5 Å². The Hall–Kier alpha value is -3.58. The van der Waals surface area contributed by atoms with E-state index < -0.39 is 0 Å². The average Bonchev–Trinajstić information content (AvgIpc) is 2.63. The van der Waals surface area contributed by atoms with E-state index in [0.717, 1.165) is 0 Å². The second kappa shape index (κ2) is 7.12. The minimum Gasteiger partial charge on any atom is -0.457 e. The van der Waals surface area contributed by atoms with E-state index in [1.807, 2.05) is 42.5 Å². The lowest BCUT2D eigenvalue weighted by Gasteiger charge is -2.11. The SMILES string of the molecule is N#Cc1cccc(NC(=O)c2ccccc2Oc2ccccc2)c1. The summed E-state index contributed by atoms with van der Waals surface area (Å²) in [5.74, 6) is 0.832. The molecule has 4 heteroatoms. The smallest absolute Gasteiger partial charge is 0.259 e. The molecule has 0 aliphatic heterocycles. The quantitative estimate of drug-likeness (QED) is 0.765. The molecule has 24 heavy (non-hydrogen) atoms. The number of carbonyl (C=O) groups excluding carboxylic acids is 1. The first-order valence-corrected chi connectivity index (χ1v) is 7.40. The summed E-state index contributed by atoms with van der Waals surface area (Å²) in [4.78, 5) is 12.6. The number of para-hydroxylation sites is 2. The summed E-state index contributed by atoms with van der Waals surface area (Å²) >= 11 is 0. The summed E-state index contributed by atoms with van der Waals surface area (Å²) in [5.41, 5.74) is 1.47. The minimum absolute atomic E-state index is 0.295. The maximum atomic E-state index is 12.6. The highest BCUT2D eigenvalue weighted by Crippen LogP contribution is 2.25. The third-order valence-corrected chi connectivity index (χ3v) is 3.35. The van der Waals surface area contributed by atoms with Crippen LogP contribution in [0.4, 0.5) is 5.69 Å². The Morgan fingerprint density at radius 2 is 1.67 bits per heavy atom. The van der Waals surface area contributed by atoms with Gasteiger partial charge in [0.15, 0.2) is 0 Å². The molecular formula is C20H14N2O2. The van der Waals surface area contributed by atoms with Gasteiger partial charge in [-0.15, -0.1) is 0 Å². The van der Waals surface area contributed by atoms with Crippen molar-refractivity contribution >= 4 is 11.6 Å². The topological polar surface area (TPSA) is 62.1 Å². The van der Waals surface area contributed by atoms with Crippen molar-refractivity contribution in [3.63, 3.8) is 0 Å². The zero-order chi connectivity index (χ0) is 16.8. The number of anilines is 1. The lowest BCUT2D eigenvalue weighted by atomic mass is 10.1. The van der Waals surface area contributed by atoms with Crippen molar-refractivity contribution < 1.29 is 9.53 Å². The van der Waals surface area contributed by atoms with E-state index in [1.165, 1.54) is 0 Å². The van der Waals surface area contributed by atoms with Gasteiger partial charge in [0.2, 0.25) is 0 Å². The van der Waals surface area contributed by atoms with Crippen LogP contribution in [0.1, 0.15) is 15.9 Å². The van der Waals surface area contributed by atoms with Crippen molar-refractivity contribution in [1.29, 1.82) is 5.26 Å².